The molecule has 0 N–H and O–H groups in total. The predicted octanol–water partition coefficient (Wildman–Crippen LogP) is 3.33. The molecule has 0 aliphatic carbocycles. The molecule has 1 amide bonds. The molecule has 5 heteroatoms. The second kappa shape index (κ2) is 5.99. The van der Waals surface area contributed by atoms with Gasteiger partial charge in [0.25, 0.3) is 0 Å². The molecule has 1 aliphatic rings. The van der Waals surface area contributed by atoms with Crippen molar-refractivity contribution in [3.63, 3.8) is 0 Å². The summed E-state index contributed by atoms with van der Waals surface area (Å²) in [6.07, 6.45) is -0.325. The molecule has 1 aliphatic heterocycles. The van der Waals surface area contributed by atoms with Crippen LogP contribution in [0.3, 0.4) is 0 Å². The van der Waals surface area contributed by atoms with Crippen molar-refractivity contribution in [1.29, 1.82) is 0 Å². The van der Waals surface area contributed by atoms with E-state index in [4.69, 9.17) is 9.47 Å². The lowest BCUT2D eigenvalue weighted by molar-refractivity contribution is 0.0209. The number of hydrogen-bond acceptors (Lipinski definition) is 4. The molecule has 0 spiro atoms. The van der Waals surface area contributed by atoms with Crippen molar-refractivity contribution in [3.8, 4) is 0 Å². The third-order valence-electron chi connectivity index (χ3n) is 3.60. The summed E-state index contributed by atoms with van der Waals surface area (Å²) in [6, 6.07) is 5.51. The normalized spacial score (nSPS) is 17.7. The molecule has 120 valence electrons. The van der Waals surface area contributed by atoms with E-state index in [2.05, 4.69) is 6.92 Å². The fourth-order valence-corrected chi connectivity index (χ4v) is 2.63. The van der Waals surface area contributed by atoms with E-state index < -0.39 is 5.60 Å². The number of esters is 1. The Kier molecular flexibility index (Phi) is 4.44. The van der Waals surface area contributed by atoms with Crippen LogP contribution in [-0.2, 0) is 16.0 Å². The zero-order chi connectivity index (χ0) is 16.5. The number of methoxy groups -OCH3 is 1. The number of amides is 1. The second-order valence-electron chi connectivity index (χ2n) is 6.67. The van der Waals surface area contributed by atoms with Crippen LogP contribution in [0.15, 0.2) is 18.2 Å². The van der Waals surface area contributed by atoms with Gasteiger partial charge in [0.1, 0.15) is 5.60 Å². The number of carbonyl (C=O) groups excluding carboxylic acids is 2. The van der Waals surface area contributed by atoms with Crippen LogP contribution in [0.25, 0.3) is 0 Å². The highest BCUT2D eigenvalue weighted by Gasteiger charge is 2.29. The SMILES string of the molecule is COC(=O)c1ccc2c(c1)CN(C(=O)OC(C)(C)C)C[C@@H]2C. The van der Waals surface area contributed by atoms with Crippen molar-refractivity contribution in [2.24, 2.45) is 0 Å². The van der Waals surface area contributed by atoms with Crippen molar-refractivity contribution in [3.05, 3.63) is 34.9 Å². The third kappa shape index (κ3) is 3.59. The molecule has 0 aromatic heterocycles. The Morgan fingerprint density at radius 2 is 1.95 bits per heavy atom. The summed E-state index contributed by atoms with van der Waals surface area (Å²) in [6.45, 7) is 8.66. The summed E-state index contributed by atoms with van der Waals surface area (Å²) in [4.78, 5) is 25.6. The van der Waals surface area contributed by atoms with Gasteiger partial charge in [0.2, 0.25) is 0 Å². The first-order chi connectivity index (χ1) is 10.2. The average Bonchev–Trinajstić information content (AvgIpc) is 2.43. The quantitative estimate of drug-likeness (QED) is 0.747. The molecular weight excluding hydrogens is 282 g/mol. The molecule has 0 saturated carbocycles. The Morgan fingerprint density at radius 1 is 1.27 bits per heavy atom. The van der Waals surface area contributed by atoms with Gasteiger partial charge in [0, 0.05) is 13.1 Å². The van der Waals surface area contributed by atoms with Gasteiger partial charge in [-0.3, -0.25) is 0 Å². The van der Waals surface area contributed by atoms with E-state index in [1.807, 2.05) is 26.8 Å². The summed E-state index contributed by atoms with van der Waals surface area (Å²) in [7, 11) is 1.36. The summed E-state index contributed by atoms with van der Waals surface area (Å²) in [5, 5.41) is 0. The molecule has 0 fully saturated rings. The van der Waals surface area contributed by atoms with Crippen LogP contribution in [0.4, 0.5) is 4.79 Å². The minimum Gasteiger partial charge on any atom is -0.465 e. The molecule has 0 unspecified atom stereocenters. The fourth-order valence-electron chi connectivity index (χ4n) is 2.63. The van der Waals surface area contributed by atoms with Crippen molar-refractivity contribution in [1.82, 2.24) is 4.90 Å². The monoisotopic (exact) mass is 305 g/mol. The van der Waals surface area contributed by atoms with Gasteiger partial charge in [-0.2, -0.15) is 0 Å². The molecule has 2 rings (SSSR count). The maximum Gasteiger partial charge on any atom is 0.410 e. The lowest BCUT2D eigenvalue weighted by Gasteiger charge is -2.34. The van der Waals surface area contributed by atoms with Crippen LogP contribution in [0.2, 0.25) is 0 Å². The van der Waals surface area contributed by atoms with Crippen LogP contribution < -0.4 is 0 Å². The lowest BCUT2D eigenvalue weighted by atomic mass is 9.90. The zero-order valence-electron chi connectivity index (χ0n) is 13.8. The first-order valence-corrected chi connectivity index (χ1v) is 7.40. The molecule has 1 atom stereocenters. The Bertz CT molecular complexity index is 589. The average molecular weight is 305 g/mol. The number of ether oxygens (including phenoxy) is 2. The highest BCUT2D eigenvalue weighted by Crippen LogP contribution is 2.29. The van der Waals surface area contributed by atoms with Crippen molar-refractivity contribution < 1.29 is 19.1 Å². The maximum absolute atomic E-state index is 12.3. The molecule has 5 nitrogen and oxygen atoms in total. The Labute approximate surface area is 131 Å². The first kappa shape index (κ1) is 16.3. The molecule has 22 heavy (non-hydrogen) atoms. The molecule has 0 radical (unpaired) electrons. The molecule has 0 saturated heterocycles. The van der Waals surface area contributed by atoms with Crippen LogP contribution in [0.1, 0.15) is 55.1 Å². The van der Waals surface area contributed by atoms with E-state index in [1.54, 1.807) is 17.0 Å². The minimum absolute atomic E-state index is 0.197. The third-order valence-corrected chi connectivity index (χ3v) is 3.60. The van der Waals surface area contributed by atoms with E-state index >= 15 is 0 Å². The van der Waals surface area contributed by atoms with Crippen molar-refractivity contribution in [2.75, 3.05) is 13.7 Å². The highest BCUT2D eigenvalue weighted by molar-refractivity contribution is 5.89. The second-order valence-corrected chi connectivity index (χ2v) is 6.67. The molecule has 1 aromatic rings. The van der Waals surface area contributed by atoms with Gasteiger partial charge in [-0.15, -0.1) is 0 Å². The number of nitrogens with zero attached hydrogens (tertiary/aromatic N) is 1. The first-order valence-electron chi connectivity index (χ1n) is 7.40. The topological polar surface area (TPSA) is 55.8 Å². The highest BCUT2D eigenvalue weighted by atomic mass is 16.6. The van der Waals surface area contributed by atoms with Gasteiger partial charge >= 0.3 is 12.1 Å². The largest absolute Gasteiger partial charge is 0.465 e. The van der Waals surface area contributed by atoms with Crippen molar-refractivity contribution >= 4 is 12.1 Å². The number of hydrogen-bond donors (Lipinski definition) is 0. The van der Waals surface area contributed by atoms with E-state index in [9.17, 15) is 9.59 Å². The number of fused-ring (bicyclic) bond motifs is 1. The lowest BCUT2D eigenvalue weighted by Crippen LogP contribution is -2.41. The number of carbonyl (C=O) groups is 2. The zero-order valence-corrected chi connectivity index (χ0v) is 13.8. The van der Waals surface area contributed by atoms with E-state index in [0.29, 0.717) is 18.7 Å². The Balaban J connectivity index is 2.24. The van der Waals surface area contributed by atoms with Crippen LogP contribution in [-0.4, -0.2) is 36.2 Å². The number of rotatable bonds is 1. The van der Waals surface area contributed by atoms with Gasteiger partial charge in [-0.1, -0.05) is 13.0 Å². The van der Waals surface area contributed by atoms with Crippen LogP contribution in [0.5, 0.6) is 0 Å². The predicted molar refractivity (Wildman–Crippen MR) is 82.8 cm³/mol. The molecule has 1 aromatic carbocycles. The van der Waals surface area contributed by atoms with Crippen LogP contribution >= 0.6 is 0 Å². The Morgan fingerprint density at radius 3 is 2.55 bits per heavy atom. The maximum atomic E-state index is 12.3. The summed E-state index contributed by atoms with van der Waals surface area (Å²) >= 11 is 0. The molecule has 1 heterocycles. The standard InChI is InChI=1S/C17H23NO4/c1-11-9-18(16(20)22-17(2,3)4)10-13-8-12(15(19)21-5)6-7-14(11)13/h6-8,11H,9-10H2,1-5H3/t11-/m0/s1. The minimum atomic E-state index is -0.519. The van der Waals surface area contributed by atoms with Crippen LogP contribution in [0, 0.1) is 0 Å². The fraction of sp³-hybridized carbons (Fsp3) is 0.529. The van der Waals surface area contributed by atoms with Gasteiger partial charge in [0.15, 0.2) is 0 Å². The molecular formula is C17H23NO4. The van der Waals surface area contributed by atoms with E-state index in [0.717, 1.165) is 11.1 Å². The Hall–Kier alpha value is -2.04. The summed E-state index contributed by atoms with van der Waals surface area (Å²) in [5.74, 6) is -0.173. The van der Waals surface area contributed by atoms with Gasteiger partial charge in [-0.05, 0) is 49.9 Å². The smallest absolute Gasteiger partial charge is 0.410 e. The number of benzene rings is 1. The summed E-state index contributed by atoms with van der Waals surface area (Å²) in [5.41, 5.74) is 2.11. The van der Waals surface area contributed by atoms with Gasteiger partial charge in [-0.25, -0.2) is 9.59 Å². The van der Waals surface area contributed by atoms with Crippen molar-refractivity contribution in [2.45, 2.75) is 45.8 Å². The van der Waals surface area contributed by atoms with Gasteiger partial charge < -0.3 is 14.4 Å². The summed E-state index contributed by atoms with van der Waals surface area (Å²) < 4.78 is 10.2. The van der Waals surface area contributed by atoms with E-state index in [-0.39, 0.29) is 18.0 Å². The van der Waals surface area contributed by atoms with E-state index in [1.165, 1.54) is 7.11 Å². The molecule has 0 bridgehead atoms. The van der Waals surface area contributed by atoms with Gasteiger partial charge in [0.05, 0.1) is 12.7 Å².